The van der Waals surface area contributed by atoms with Gasteiger partial charge in [0, 0.05) is 25.4 Å². The molecule has 0 heterocycles. The van der Waals surface area contributed by atoms with E-state index in [4.69, 9.17) is 9.84 Å². The number of benzene rings is 2. The van der Waals surface area contributed by atoms with Crippen molar-refractivity contribution >= 4 is 18.0 Å². The molecule has 4 rings (SSSR count). The molecule has 2 atom stereocenters. The number of carbonyl (C=O) groups excluding carboxylic acids is 2. The molecule has 9 heteroatoms. The van der Waals surface area contributed by atoms with Crippen LogP contribution in [-0.2, 0) is 14.3 Å². The monoisotopic (exact) mass is 458 g/mol. The summed E-state index contributed by atoms with van der Waals surface area (Å²) in [5.74, 6) is -8.50. The van der Waals surface area contributed by atoms with Crippen molar-refractivity contribution in [2.24, 2.45) is 11.8 Å². The SMILES string of the molecule is O=C(CCCNC(=O)OCC1c2ccccc2-c2ccccc21)NCC1C(C(=O)O)C1(F)F. The first kappa shape index (κ1) is 22.7. The highest BCUT2D eigenvalue weighted by Crippen LogP contribution is 2.54. The van der Waals surface area contributed by atoms with Gasteiger partial charge in [0.1, 0.15) is 12.5 Å². The fourth-order valence-electron chi connectivity index (χ4n) is 4.38. The topological polar surface area (TPSA) is 105 Å². The number of carboxylic acids is 1. The molecular formula is C24H24F2N2O5. The average Bonchev–Trinajstić information content (AvgIpc) is 3.21. The minimum atomic E-state index is -3.29. The number of alkyl halides is 2. The van der Waals surface area contributed by atoms with Crippen molar-refractivity contribution in [2.45, 2.75) is 24.7 Å². The van der Waals surface area contributed by atoms with Crippen molar-refractivity contribution in [3.05, 3.63) is 59.7 Å². The van der Waals surface area contributed by atoms with Crippen LogP contribution in [0.25, 0.3) is 11.1 Å². The predicted octanol–water partition coefficient (Wildman–Crippen LogP) is 3.39. The molecule has 2 aromatic rings. The van der Waals surface area contributed by atoms with E-state index in [1.54, 1.807) is 0 Å². The Morgan fingerprint density at radius 1 is 0.970 bits per heavy atom. The normalized spacial score (nSPS) is 19.8. The lowest BCUT2D eigenvalue weighted by Gasteiger charge is -2.14. The Morgan fingerprint density at radius 2 is 1.58 bits per heavy atom. The van der Waals surface area contributed by atoms with E-state index in [2.05, 4.69) is 10.6 Å². The Bertz CT molecular complexity index is 1030. The van der Waals surface area contributed by atoms with E-state index in [1.165, 1.54) is 0 Å². The van der Waals surface area contributed by atoms with Gasteiger partial charge in [-0.1, -0.05) is 48.5 Å². The third-order valence-electron chi connectivity index (χ3n) is 6.18. The molecule has 1 fully saturated rings. The molecule has 174 valence electrons. The number of carbonyl (C=O) groups is 3. The number of ether oxygens (including phenoxy) is 1. The lowest BCUT2D eigenvalue weighted by atomic mass is 9.98. The number of rotatable bonds is 9. The van der Waals surface area contributed by atoms with Gasteiger partial charge in [-0.2, -0.15) is 0 Å². The lowest BCUT2D eigenvalue weighted by Crippen LogP contribution is -2.30. The van der Waals surface area contributed by atoms with Crippen molar-refractivity contribution < 1.29 is 33.0 Å². The van der Waals surface area contributed by atoms with E-state index < -0.39 is 35.7 Å². The van der Waals surface area contributed by atoms with Crippen LogP contribution in [0.4, 0.5) is 13.6 Å². The Kier molecular flexibility index (Phi) is 6.31. The molecule has 0 saturated heterocycles. The van der Waals surface area contributed by atoms with Crippen molar-refractivity contribution in [3.63, 3.8) is 0 Å². The molecule has 2 aromatic carbocycles. The van der Waals surface area contributed by atoms with Gasteiger partial charge in [-0.15, -0.1) is 0 Å². The van der Waals surface area contributed by atoms with Gasteiger partial charge in [-0.3, -0.25) is 9.59 Å². The molecule has 0 aliphatic heterocycles. The number of alkyl carbamates (subject to hydrolysis) is 1. The zero-order valence-electron chi connectivity index (χ0n) is 17.7. The van der Waals surface area contributed by atoms with Crippen molar-refractivity contribution in [1.29, 1.82) is 0 Å². The van der Waals surface area contributed by atoms with E-state index in [-0.39, 0.29) is 32.0 Å². The highest BCUT2D eigenvalue weighted by atomic mass is 19.3. The molecule has 2 aliphatic carbocycles. The Morgan fingerprint density at radius 3 is 2.15 bits per heavy atom. The minimum Gasteiger partial charge on any atom is -0.481 e. The summed E-state index contributed by atoms with van der Waals surface area (Å²) in [6.45, 7) is -0.0231. The molecule has 0 radical (unpaired) electrons. The molecule has 7 nitrogen and oxygen atoms in total. The summed E-state index contributed by atoms with van der Waals surface area (Å²) < 4.78 is 32.0. The molecular weight excluding hydrogens is 434 g/mol. The second-order valence-corrected chi connectivity index (χ2v) is 8.26. The first-order chi connectivity index (χ1) is 15.8. The number of halogens is 2. The maximum absolute atomic E-state index is 13.3. The summed E-state index contributed by atoms with van der Waals surface area (Å²) >= 11 is 0. The number of nitrogens with one attached hydrogen (secondary N) is 2. The standard InChI is InChI=1S/C24H24F2N2O5/c25-24(26)19(21(24)22(30)31)12-28-20(29)10-5-11-27-23(32)33-13-18-16-8-3-1-6-14(16)15-7-2-4-9-17(15)18/h1-4,6-9,18-19,21H,5,10-13H2,(H,27,32)(H,28,29)(H,30,31). The van der Waals surface area contributed by atoms with Gasteiger partial charge in [-0.05, 0) is 28.7 Å². The van der Waals surface area contributed by atoms with Crippen LogP contribution < -0.4 is 10.6 Å². The van der Waals surface area contributed by atoms with Gasteiger partial charge in [0.2, 0.25) is 5.91 Å². The van der Waals surface area contributed by atoms with Crippen LogP contribution in [0, 0.1) is 11.8 Å². The molecule has 3 N–H and O–H groups in total. The second-order valence-electron chi connectivity index (χ2n) is 8.26. The first-order valence-corrected chi connectivity index (χ1v) is 10.8. The van der Waals surface area contributed by atoms with E-state index in [0.29, 0.717) is 6.42 Å². The maximum Gasteiger partial charge on any atom is 0.407 e. The highest BCUT2D eigenvalue weighted by Gasteiger charge is 2.72. The van der Waals surface area contributed by atoms with Gasteiger partial charge < -0.3 is 20.5 Å². The molecule has 33 heavy (non-hydrogen) atoms. The maximum atomic E-state index is 13.3. The highest BCUT2D eigenvalue weighted by molar-refractivity contribution is 5.79. The minimum absolute atomic E-state index is 0.0136. The largest absolute Gasteiger partial charge is 0.481 e. The number of aliphatic carboxylic acids is 1. The van der Waals surface area contributed by atoms with Crippen LogP contribution in [-0.4, -0.2) is 48.7 Å². The molecule has 0 bridgehead atoms. The smallest absolute Gasteiger partial charge is 0.407 e. The van der Waals surface area contributed by atoms with E-state index in [0.717, 1.165) is 22.3 Å². The van der Waals surface area contributed by atoms with Gasteiger partial charge in [0.15, 0.2) is 0 Å². The fourth-order valence-corrected chi connectivity index (χ4v) is 4.38. The van der Waals surface area contributed by atoms with Gasteiger partial charge in [0.05, 0.1) is 5.92 Å². The van der Waals surface area contributed by atoms with Crippen LogP contribution in [0.5, 0.6) is 0 Å². The third kappa shape index (κ3) is 4.67. The Labute approximate surface area is 189 Å². The fraction of sp³-hybridized carbons (Fsp3) is 0.375. The summed E-state index contributed by atoms with van der Waals surface area (Å²) in [7, 11) is 0. The number of carboxylic acid groups (broad SMARTS) is 1. The summed E-state index contributed by atoms with van der Waals surface area (Å²) in [5.41, 5.74) is 4.47. The van der Waals surface area contributed by atoms with Gasteiger partial charge >= 0.3 is 12.1 Å². The van der Waals surface area contributed by atoms with Crippen LogP contribution in [0.15, 0.2) is 48.5 Å². The zero-order chi connectivity index (χ0) is 23.6. The molecule has 2 unspecified atom stereocenters. The van der Waals surface area contributed by atoms with E-state index >= 15 is 0 Å². The van der Waals surface area contributed by atoms with Crippen molar-refractivity contribution in [3.8, 4) is 11.1 Å². The van der Waals surface area contributed by atoms with E-state index in [1.807, 2.05) is 48.5 Å². The second kappa shape index (κ2) is 9.17. The summed E-state index contributed by atoms with van der Waals surface area (Å²) in [4.78, 5) is 34.6. The number of fused-ring (bicyclic) bond motifs is 3. The average molecular weight is 458 g/mol. The Balaban J connectivity index is 1.16. The molecule has 0 aromatic heterocycles. The van der Waals surface area contributed by atoms with Crippen LogP contribution in [0.2, 0.25) is 0 Å². The lowest BCUT2D eigenvalue weighted by molar-refractivity contribution is -0.141. The van der Waals surface area contributed by atoms with Crippen LogP contribution in [0.3, 0.4) is 0 Å². The summed E-state index contributed by atoms with van der Waals surface area (Å²) in [5, 5.41) is 13.6. The Hall–Kier alpha value is -3.49. The molecule has 2 aliphatic rings. The summed E-state index contributed by atoms with van der Waals surface area (Å²) in [6.07, 6.45) is -0.293. The predicted molar refractivity (Wildman–Crippen MR) is 115 cm³/mol. The van der Waals surface area contributed by atoms with Crippen LogP contribution in [0.1, 0.15) is 29.9 Å². The number of hydrogen-bond acceptors (Lipinski definition) is 4. The summed E-state index contributed by atoms with van der Waals surface area (Å²) in [6, 6.07) is 16.0. The van der Waals surface area contributed by atoms with Crippen molar-refractivity contribution in [1.82, 2.24) is 10.6 Å². The zero-order valence-corrected chi connectivity index (χ0v) is 17.7. The molecule has 2 amide bonds. The van der Waals surface area contributed by atoms with Gasteiger partial charge in [-0.25, -0.2) is 13.6 Å². The number of hydrogen-bond donors (Lipinski definition) is 3. The quantitative estimate of drug-likeness (QED) is 0.500. The van der Waals surface area contributed by atoms with Crippen LogP contribution >= 0.6 is 0 Å². The molecule has 0 spiro atoms. The third-order valence-corrected chi connectivity index (χ3v) is 6.18. The van der Waals surface area contributed by atoms with Crippen molar-refractivity contribution in [2.75, 3.05) is 19.7 Å². The van der Waals surface area contributed by atoms with Gasteiger partial charge in [0.25, 0.3) is 5.92 Å². The van der Waals surface area contributed by atoms with E-state index in [9.17, 15) is 23.2 Å². The number of amides is 2. The first-order valence-electron chi connectivity index (χ1n) is 10.8. The molecule has 1 saturated carbocycles.